The molecule has 2 aromatic rings. The van der Waals surface area contributed by atoms with Gasteiger partial charge in [-0.05, 0) is 67.6 Å². The number of hydrogen-bond donors (Lipinski definition) is 1. The van der Waals surface area contributed by atoms with Gasteiger partial charge < -0.3 is 10.1 Å². The number of nitrogens with zero attached hydrogens (tertiary/aromatic N) is 1. The lowest BCUT2D eigenvalue weighted by atomic mass is 9.95. The Labute approximate surface area is 188 Å². The van der Waals surface area contributed by atoms with Gasteiger partial charge >= 0.3 is 0 Å². The van der Waals surface area contributed by atoms with Gasteiger partial charge in [-0.15, -0.1) is 0 Å². The molecule has 0 heterocycles. The molecule has 32 heavy (non-hydrogen) atoms. The summed E-state index contributed by atoms with van der Waals surface area (Å²) in [6.07, 6.45) is 5.98. The van der Waals surface area contributed by atoms with Crippen molar-refractivity contribution in [2.24, 2.45) is 0 Å². The molecule has 0 aromatic heterocycles. The number of nitro benzene ring substituents is 1. The number of aryl methyl sites for hydroxylation is 2. The van der Waals surface area contributed by atoms with Crippen molar-refractivity contribution in [3.63, 3.8) is 0 Å². The maximum atomic E-state index is 12.6. The molecular weight excluding hydrogens is 408 g/mol. The second-order valence-electron chi connectivity index (χ2n) is 8.48. The van der Waals surface area contributed by atoms with Gasteiger partial charge in [-0.1, -0.05) is 19.3 Å². The van der Waals surface area contributed by atoms with Crippen LogP contribution in [-0.2, 0) is 11.4 Å². The largest absolute Gasteiger partial charge is 0.488 e. The van der Waals surface area contributed by atoms with E-state index in [1.165, 1.54) is 18.6 Å². The fourth-order valence-corrected chi connectivity index (χ4v) is 4.13. The molecule has 0 bridgehead atoms. The summed E-state index contributed by atoms with van der Waals surface area (Å²) >= 11 is 0. The van der Waals surface area contributed by atoms with E-state index in [1.807, 2.05) is 13.8 Å². The molecule has 0 saturated heterocycles. The molecule has 1 saturated carbocycles. The molecule has 0 unspecified atom stereocenters. The standard InChI is InChI=1S/C25H30N2O5/c1-17-14-20(23(28)12-13-24(29)26-21-6-4-3-5-7-21)15-18(2)25(17)32-16-19-8-10-22(11-9-19)27(30)31/h8-11,14-15,21H,3-7,12-13,16H2,1-2H3,(H,26,29). The maximum absolute atomic E-state index is 12.6. The number of amides is 1. The number of carbonyl (C=O) groups excluding carboxylic acids is 2. The second kappa shape index (κ2) is 10.9. The molecule has 0 radical (unpaired) electrons. The van der Waals surface area contributed by atoms with Gasteiger partial charge in [0.2, 0.25) is 5.91 Å². The van der Waals surface area contributed by atoms with E-state index in [2.05, 4.69) is 5.32 Å². The first-order chi connectivity index (χ1) is 15.3. The Balaban J connectivity index is 1.55. The van der Waals surface area contributed by atoms with Crippen molar-refractivity contribution >= 4 is 17.4 Å². The molecule has 3 rings (SSSR count). The average molecular weight is 439 g/mol. The second-order valence-corrected chi connectivity index (χ2v) is 8.48. The molecule has 1 fully saturated rings. The number of ketones is 1. The van der Waals surface area contributed by atoms with Gasteiger partial charge in [0.25, 0.3) is 5.69 Å². The van der Waals surface area contributed by atoms with E-state index in [0.717, 1.165) is 42.4 Å². The third-order valence-electron chi connectivity index (χ3n) is 5.86. The molecule has 0 spiro atoms. The third kappa shape index (κ3) is 6.39. The lowest BCUT2D eigenvalue weighted by molar-refractivity contribution is -0.384. The Morgan fingerprint density at radius 1 is 1.03 bits per heavy atom. The molecule has 1 aliphatic carbocycles. The van der Waals surface area contributed by atoms with Gasteiger partial charge in [-0.2, -0.15) is 0 Å². The summed E-state index contributed by atoms with van der Waals surface area (Å²) in [5.41, 5.74) is 3.10. The van der Waals surface area contributed by atoms with Crippen LogP contribution in [0.5, 0.6) is 5.75 Å². The minimum Gasteiger partial charge on any atom is -0.488 e. The van der Waals surface area contributed by atoms with E-state index < -0.39 is 4.92 Å². The molecule has 0 atom stereocenters. The highest BCUT2D eigenvalue weighted by Gasteiger charge is 2.17. The number of nitrogens with one attached hydrogen (secondary N) is 1. The van der Waals surface area contributed by atoms with E-state index in [1.54, 1.807) is 24.3 Å². The Hall–Kier alpha value is -3.22. The number of hydrogen-bond acceptors (Lipinski definition) is 5. The van der Waals surface area contributed by atoms with Crippen LogP contribution < -0.4 is 10.1 Å². The molecular formula is C25H30N2O5. The first kappa shape index (κ1) is 23.4. The van der Waals surface area contributed by atoms with Crippen LogP contribution >= 0.6 is 0 Å². The number of nitro groups is 1. The van der Waals surface area contributed by atoms with Crippen molar-refractivity contribution in [1.82, 2.24) is 5.32 Å². The van der Waals surface area contributed by atoms with E-state index in [9.17, 15) is 19.7 Å². The van der Waals surface area contributed by atoms with Gasteiger partial charge in [0.1, 0.15) is 12.4 Å². The predicted molar refractivity (Wildman–Crippen MR) is 122 cm³/mol. The highest BCUT2D eigenvalue weighted by Crippen LogP contribution is 2.27. The van der Waals surface area contributed by atoms with E-state index >= 15 is 0 Å². The van der Waals surface area contributed by atoms with Crippen LogP contribution in [0.3, 0.4) is 0 Å². The fraction of sp³-hybridized carbons (Fsp3) is 0.440. The topological polar surface area (TPSA) is 98.5 Å². The Bertz CT molecular complexity index is 955. The smallest absolute Gasteiger partial charge is 0.269 e. The molecule has 7 nitrogen and oxygen atoms in total. The lowest BCUT2D eigenvalue weighted by Crippen LogP contribution is -2.36. The molecule has 1 N–H and O–H groups in total. The molecule has 7 heteroatoms. The number of Topliss-reactive ketones (excluding diaryl/α,β-unsaturated/α-hetero) is 1. The molecule has 1 aliphatic rings. The normalized spacial score (nSPS) is 14.1. The van der Waals surface area contributed by atoms with Crippen LogP contribution in [0, 0.1) is 24.0 Å². The zero-order chi connectivity index (χ0) is 23.1. The Morgan fingerprint density at radius 2 is 1.66 bits per heavy atom. The van der Waals surface area contributed by atoms with E-state index in [-0.39, 0.29) is 42.9 Å². The molecule has 0 aliphatic heterocycles. The van der Waals surface area contributed by atoms with Gasteiger partial charge in [0.05, 0.1) is 4.92 Å². The Kier molecular flexibility index (Phi) is 7.98. The summed E-state index contributed by atoms with van der Waals surface area (Å²) in [5, 5.41) is 13.8. The highest BCUT2D eigenvalue weighted by atomic mass is 16.6. The van der Waals surface area contributed by atoms with Crippen LogP contribution in [0.2, 0.25) is 0 Å². The first-order valence-electron chi connectivity index (χ1n) is 11.1. The van der Waals surface area contributed by atoms with Crippen molar-refractivity contribution in [1.29, 1.82) is 0 Å². The number of benzene rings is 2. The summed E-state index contributed by atoms with van der Waals surface area (Å²) in [6, 6.07) is 10.1. The van der Waals surface area contributed by atoms with Crippen LogP contribution in [0.25, 0.3) is 0 Å². The third-order valence-corrected chi connectivity index (χ3v) is 5.86. The van der Waals surface area contributed by atoms with Gasteiger partial charge in [0, 0.05) is 36.6 Å². The van der Waals surface area contributed by atoms with Crippen molar-refractivity contribution in [3.05, 3.63) is 68.8 Å². The van der Waals surface area contributed by atoms with Crippen molar-refractivity contribution in [2.75, 3.05) is 0 Å². The minimum absolute atomic E-state index is 0.0383. The van der Waals surface area contributed by atoms with Gasteiger partial charge in [-0.25, -0.2) is 0 Å². The van der Waals surface area contributed by atoms with Crippen LogP contribution in [0.1, 0.15) is 72.0 Å². The summed E-state index contributed by atoms with van der Waals surface area (Å²) in [4.78, 5) is 35.2. The predicted octanol–water partition coefficient (Wildman–Crippen LogP) is 5.20. The van der Waals surface area contributed by atoms with Crippen molar-refractivity contribution in [3.8, 4) is 5.75 Å². The first-order valence-corrected chi connectivity index (χ1v) is 11.1. The minimum atomic E-state index is -0.436. The lowest BCUT2D eigenvalue weighted by Gasteiger charge is -2.22. The average Bonchev–Trinajstić information content (AvgIpc) is 2.77. The highest BCUT2D eigenvalue weighted by molar-refractivity contribution is 5.98. The molecule has 170 valence electrons. The summed E-state index contributed by atoms with van der Waals surface area (Å²) in [7, 11) is 0. The zero-order valence-corrected chi connectivity index (χ0v) is 18.7. The molecule has 2 aromatic carbocycles. The summed E-state index contributed by atoms with van der Waals surface area (Å²) in [5.74, 6) is 0.577. The van der Waals surface area contributed by atoms with Crippen LogP contribution in [0.4, 0.5) is 5.69 Å². The summed E-state index contributed by atoms with van der Waals surface area (Å²) in [6.45, 7) is 4.03. The van der Waals surface area contributed by atoms with E-state index in [0.29, 0.717) is 11.3 Å². The summed E-state index contributed by atoms with van der Waals surface area (Å²) < 4.78 is 5.93. The van der Waals surface area contributed by atoms with Crippen LogP contribution in [0.15, 0.2) is 36.4 Å². The SMILES string of the molecule is Cc1cc(C(=O)CCC(=O)NC2CCCCC2)cc(C)c1OCc1ccc([N+](=O)[O-])cc1. The Morgan fingerprint density at radius 3 is 2.25 bits per heavy atom. The maximum Gasteiger partial charge on any atom is 0.269 e. The number of non-ortho nitro benzene ring substituents is 1. The number of carbonyl (C=O) groups is 2. The number of rotatable bonds is 9. The van der Waals surface area contributed by atoms with Crippen LogP contribution in [-0.4, -0.2) is 22.7 Å². The van der Waals surface area contributed by atoms with Crippen molar-refractivity contribution < 1.29 is 19.2 Å². The zero-order valence-electron chi connectivity index (χ0n) is 18.7. The quantitative estimate of drug-likeness (QED) is 0.329. The van der Waals surface area contributed by atoms with Gasteiger partial charge in [-0.3, -0.25) is 19.7 Å². The monoisotopic (exact) mass is 438 g/mol. The van der Waals surface area contributed by atoms with Crippen molar-refractivity contribution in [2.45, 2.75) is 71.4 Å². The van der Waals surface area contributed by atoms with Gasteiger partial charge in [0.15, 0.2) is 5.78 Å². The number of ether oxygens (including phenoxy) is 1. The van der Waals surface area contributed by atoms with E-state index in [4.69, 9.17) is 4.74 Å². The fourth-order valence-electron chi connectivity index (χ4n) is 4.13. The molecule has 1 amide bonds.